The van der Waals surface area contributed by atoms with E-state index >= 15 is 0 Å². The molecule has 1 N–H and O–H groups in total. The van der Waals surface area contributed by atoms with E-state index in [2.05, 4.69) is 15.4 Å². The molecule has 2 heterocycles. The Morgan fingerprint density at radius 1 is 1.30 bits per heavy atom. The van der Waals surface area contributed by atoms with Crippen LogP contribution in [0.1, 0.15) is 66.0 Å². The van der Waals surface area contributed by atoms with Crippen LogP contribution < -0.4 is 10.9 Å². The molecule has 0 saturated heterocycles. The van der Waals surface area contributed by atoms with Crippen molar-refractivity contribution < 1.29 is 14.3 Å². The molecule has 1 aromatic carbocycles. The van der Waals surface area contributed by atoms with E-state index in [-0.39, 0.29) is 18.1 Å². The minimum Gasteiger partial charge on any atom is -0.456 e. The van der Waals surface area contributed by atoms with Gasteiger partial charge in [-0.2, -0.15) is 9.61 Å². The Labute approximate surface area is 176 Å². The van der Waals surface area contributed by atoms with E-state index < -0.39 is 5.97 Å². The summed E-state index contributed by atoms with van der Waals surface area (Å²) in [6, 6.07) is 7.92. The summed E-state index contributed by atoms with van der Waals surface area (Å²) in [6.07, 6.45) is 4.38. The second-order valence-corrected chi connectivity index (χ2v) is 8.29. The van der Waals surface area contributed by atoms with Gasteiger partial charge in [-0.25, -0.2) is 9.78 Å². The second kappa shape index (κ2) is 8.74. The molecule has 0 bridgehead atoms. The first-order valence-electron chi connectivity index (χ1n) is 10.00. The number of esters is 1. The van der Waals surface area contributed by atoms with Crippen molar-refractivity contribution in [3.05, 3.63) is 57.0 Å². The molecule has 0 radical (unpaired) electrons. The Bertz CT molecular complexity index is 1150. The molecule has 0 spiro atoms. The van der Waals surface area contributed by atoms with Crippen molar-refractivity contribution in [2.75, 3.05) is 5.32 Å². The maximum atomic E-state index is 12.4. The molecule has 1 saturated carbocycles. The summed E-state index contributed by atoms with van der Waals surface area (Å²) >= 11 is 1.40. The van der Waals surface area contributed by atoms with Crippen molar-refractivity contribution >= 4 is 33.9 Å². The van der Waals surface area contributed by atoms with Crippen LogP contribution >= 0.6 is 11.3 Å². The van der Waals surface area contributed by atoms with Crippen LogP contribution in [0.5, 0.6) is 0 Å². The zero-order valence-corrected chi connectivity index (χ0v) is 17.4. The van der Waals surface area contributed by atoms with Crippen LogP contribution in [0.3, 0.4) is 0 Å². The van der Waals surface area contributed by atoms with E-state index in [0.29, 0.717) is 34.2 Å². The van der Waals surface area contributed by atoms with Crippen molar-refractivity contribution in [2.24, 2.45) is 0 Å². The molecule has 1 aliphatic carbocycles. The first kappa shape index (κ1) is 20.2. The number of rotatable bonds is 8. The SMILES string of the molecule is CCCCC(=O)Nc1cccc(C(=O)OCc2cc(=O)n3nc(C4CC4)sc3n2)c1. The number of carbonyl (C=O) groups is 2. The number of hydrogen-bond acceptors (Lipinski definition) is 7. The zero-order valence-electron chi connectivity index (χ0n) is 16.6. The van der Waals surface area contributed by atoms with E-state index in [0.717, 1.165) is 30.7 Å². The maximum Gasteiger partial charge on any atom is 0.338 e. The van der Waals surface area contributed by atoms with Crippen LogP contribution in [-0.4, -0.2) is 26.5 Å². The Balaban J connectivity index is 1.41. The molecule has 8 nitrogen and oxygen atoms in total. The fraction of sp³-hybridized carbons (Fsp3) is 0.381. The number of aromatic nitrogens is 3. The fourth-order valence-electron chi connectivity index (χ4n) is 2.95. The topological polar surface area (TPSA) is 103 Å². The third-order valence-electron chi connectivity index (χ3n) is 4.73. The Hall–Kier alpha value is -3.07. The van der Waals surface area contributed by atoms with Gasteiger partial charge < -0.3 is 10.1 Å². The van der Waals surface area contributed by atoms with Crippen LogP contribution in [0.25, 0.3) is 4.96 Å². The Morgan fingerprint density at radius 2 is 2.13 bits per heavy atom. The minimum absolute atomic E-state index is 0.0875. The summed E-state index contributed by atoms with van der Waals surface area (Å²) in [5.41, 5.74) is 0.949. The number of benzene rings is 1. The molecular formula is C21H22N4O4S. The van der Waals surface area contributed by atoms with Gasteiger partial charge in [-0.1, -0.05) is 30.7 Å². The van der Waals surface area contributed by atoms with E-state index in [9.17, 15) is 14.4 Å². The van der Waals surface area contributed by atoms with Gasteiger partial charge in [-0.3, -0.25) is 9.59 Å². The molecule has 1 fully saturated rings. The van der Waals surface area contributed by atoms with Gasteiger partial charge in [0.15, 0.2) is 0 Å². The smallest absolute Gasteiger partial charge is 0.338 e. The molecule has 0 atom stereocenters. The van der Waals surface area contributed by atoms with Crippen molar-refractivity contribution in [3.63, 3.8) is 0 Å². The van der Waals surface area contributed by atoms with Gasteiger partial charge in [-0.15, -0.1) is 0 Å². The molecule has 9 heteroatoms. The minimum atomic E-state index is -0.551. The average molecular weight is 426 g/mol. The predicted octanol–water partition coefficient (Wildman–Crippen LogP) is 3.51. The summed E-state index contributed by atoms with van der Waals surface area (Å²) in [7, 11) is 0. The van der Waals surface area contributed by atoms with Gasteiger partial charge in [0.2, 0.25) is 10.9 Å². The van der Waals surface area contributed by atoms with Crippen LogP contribution in [0, 0.1) is 0 Å². The summed E-state index contributed by atoms with van der Waals surface area (Å²) in [4.78, 5) is 41.5. The highest BCUT2D eigenvalue weighted by atomic mass is 32.1. The van der Waals surface area contributed by atoms with Crippen LogP contribution in [-0.2, 0) is 16.1 Å². The Kier molecular flexibility index (Phi) is 5.89. The van der Waals surface area contributed by atoms with E-state index in [1.54, 1.807) is 24.3 Å². The maximum absolute atomic E-state index is 12.4. The van der Waals surface area contributed by atoms with Gasteiger partial charge in [0.25, 0.3) is 5.56 Å². The summed E-state index contributed by atoms with van der Waals surface area (Å²) in [5, 5.41) is 8.03. The van der Waals surface area contributed by atoms with Crippen molar-refractivity contribution in [1.29, 1.82) is 0 Å². The number of anilines is 1. The van der Waals surface area contributed by atoms with Gasteiger partial charge in [0.05, 0.1) is 11.3 Å². The molecule has 1 aliphatic rings. The normalized spacial score (nSPS) is 13.4. The fourth-order valence-corrected chi connectivity index (χ4v) is 4.04. The summed E-state index contributed by atoms with van der Waals surface area (Å²) < 4.78 is 6.63. The zero-order chi connectivity index (χ0) is 21.1. The summed E-state index contributed by atoms with van der Waals surface area (Å²) in [5.74, 6) is -0.202. The lowest BCUT2D eigenvalue weighted by Gasteiger charge is -2.08. The number of carbonyl (C=O) groups excluding carboxylic acids is 2. The number of amides is 1. The number of ether oxygens (including phenoxy) is 1. The molecule has 4 rings (SSSR count). The molecular weight excluding hydrogens is 404 g/mol. The molecule has 0 aliphatic heterocycles. The highest BCUT2D eigenvalue weighted by Crippen LogP contribution is 2.41. The van der Waals surface area contributed by atoms with Gasteiger partial charge >= 0.3 is 5.97 Å². The highest BCUT2D eigenvalue weighted by Gasteiger charge is 2.28. The molecule has 3 aromatic rings. The molecule has 156 valence electrons. The van der Waals surface area contributed by atoms with Crippen LogP contribution in [0.15, 0.2) is 35.1 Å². The van der Waals surface area contributed by atoms with Crippen LogP contribution in [0.2, 0.25) is 0 Å². The quantitative estimate of drug-likeness (QED) is 0.553. The van der Waals surface area contributed by atoms with Gasteiger partial charge in [-0.05, 0) is 37.5 Å². The third-order valence-corrected chi connectivity index (χ3v) is 5.80. The van der Waals surface area contributed by atoms with Crippen molar-refractivity contribution in [2.45, 2.75) is 51.6 Å². The number of fused-ring (bicyclic) bond motifs is 1. The first-order valence-corrected chi connectivity index (χ1v) is 10.8. The first-order chi connectivity index (χ1) is 14.5. The molecule has 30 heavy (non-hydrogen) atoms. The monoisotopic (exact) mass is 426 g/mol. The highest BCUT2D eigenvalue weighted by molar-refractivity contribution is 7.16. The second-order valence-electron chi connectivity index (χ2n) is 7.30. The number of hydrogen-bond donors (Lipinski definition) is 1. The van der Waals surface area contributed by atoms with E-state index in [1.807, 2.05) is 6.92 Å². The van der Waals surface area contributed by atoms with Gasteiger partial charge in [0.1, 0.15) is 11.6 Å². The lowest BCUT2D eigenvalue weighted by atomic mass is 10.2. The largest absolute Gasteiger partial charge is 0.456 e. The molecule has 0 unspecified atom stereocenters. The lowest BCUT2D eigenvalue weighted by molar-refractivity contribution is -0.116. The lowest BCUT2D eigenvalue weighted by Crippen LogP contribution is -2.17. The number of nitrogens with one attached hydrogen (secondary N) is 1. The van der Waals surface area contributed by atoms with Crippen LogP contribution in [0.4, 0.5) is 5.69 Å². The third kappa shape index (κ3) is 4.73. The van der Waals surface area contributed by atoms with Crippen molar-refractivity contribution in [1.82, 2.24) is 14.6 Å². The molecule has 1 amide bonds. The molecule has 2 aromatic heterocycles. The number of nitrogens with zero attached hydrogens (tertiary/aromatic N) is 3. The summed E-state index contributed by atoms with van der Waals surface area (Å²) in [6.45, 7) is 1.90. The average Bonchev–Trinajstić information content (AvgIpc) is 3.50. The Morgan fingerprint density at radius 3 is 2.90 bits per heavy atom. The van der Waals surface area contributed by atoms with Gasteiger partial charge in [0, 0.05) is 24.1 Å². The van der Waals surface area contributed by atoms with Crippen molar-refractivity contribution in [3.8, 4) is 0 Å². The predicted molar refractivity (Wildman–Crippen MR) is 113 cm³/mol. The number of unbranched alkanes of at least 4 members (excludes halogenated alkanes) is 1. The van der Waals surface area contributed by atoms with E-state index in [1.165, 1.54) is 21.9 Å². The van der Waals surface area contributed by atoms with E-state index in [4.69, 9.17) is 4.74 Å². The standard InChI is InChI=1S/C21H22N4O4S/c1-2-3-7-17(26)22-15-6-4-5-14(10-15)20(28)29-12-16-11-18(27)25-21(23-16)30-19(24-25)13-8-9-13/h4-6,10-11,13H,2-3,7-9,12H2,1H3,(H,22,26).